The zero-order valence-corrected chi connectivity index (χ0v) is 9.25. The van der Waals surface area contributed by atoms with Gasteiger partial charge < -0.3 is 15.4 Å². The fourth-order valence-corrected chi connectivity index (χ4v) is 1.48. The van der Waals surface area contributed by atoms with Gasteiger partial charge in [0.15, 0.2) is 0 Å². The third-order valence-corrected chi connectivity index (χ3v) is 2.17. The first-order valence-corrected chi connectivity index (χ1v) is 5.08. The van der Waals surface area contributed by atoms with E-state index in [0.717, 1.165) is 39.1 Å². The minimum Gasteiger partial charge on any atom is -0.385 e. The number of nitrogens with zero attached hydrogens (tertiary/aromatic N) is 1. The Bertz CT molecular complexity index is 109. The second kappa shape index (κ2) is 8.48. The Balaban J connectivity index is 3.32. The highest BCUT2D eigenvalue weighted by Gasteiger charge is 2.04. The van der Waals surface area contributed by atoms with E-state index in [1.165, 1.54) is 0 Å². The molecule has 0 spiro atoms. The van der Waals surface area contributed by atoms with Crippen molar-refractivity contribution in [3.63, 3.8) is 0 Å². The Morgan fingerprint density at radius 2 is 2.15 bits per heavy atom. The molecular weight excluding hydrogens is 164 g/mol. The van der Waals surface area contributed by atoms with Crippen molar-refractivity contribution in [1.29, 1.82) is 0 Å². The van der Waals surface area contributed by atoms with Gasteiger partial charge in [-0.15, -0.1) is 0 Å². The normalized spacial score (nSPS) is 13.6. The van der Waals surface area contributed by atoms with Gasteiger partial charge in [-0.25, -0.2) is 0 Å². The van der Waals surface area contributed by atoms with Crippen molar-refractivity contribution in [2.24, 2.45) is 11.7 Å². The molecule has 2 N–H and O–H groups in total. The Morgan fingerprint density at radius 3 is 2.69 bits per heavy atom. The second-order valence-corrected chi connectivity index (χ2v) is 3.79. The van der Waals surface area contributed by atoms with Crippen molar-refractivity contribution in [3.8, 4) is 0 Å². The number of ether oxygens (including phenoxy) is 1. The molecule has 0 aromatic rings. The molecule has 0 rings (SSSR count). The van der Waals surface area contributed by atoms with E-state index in [-0.39, 0.29) is 0 Å². The lowest BCUT2D eigenvalue weighted by Crippen LogP contribution is -2.27. The highest BCUT2D eigenvalue weighted by molar-refractivity contribution is 4.59. The second-order valence-electron chi connectivity index (χ2n) is 3.79. The fraction of sp³-hybridized carbons (Fsp3) is 1.00. The van der Waals surface area contributed by atoms with Crippen LogP contribution in [0.25, 0.3) is 0 Å². The standard InChI is InChI=1S/C10H24N2O/c1-10(5-6-11)9-12(2)7-4-8-13-3/h10H,4-9,11H2,1-3H3. The molecule has 13 heavy (non-hydrogen) atoms. The zero-order valence-electron chi connectivity index (χ0n) is 9.25. The summed E-state index contributed by atoms with van der Waals surface area (Å²) in [5, 5.41) is 0. The van der Waals surface area contributed by atoms with Crippen molar-refractivity contribution in [1.82, 2.24) is 4.90 Å². The lowest BCUT2D eigenvalue weighted by Gasteiger charge is -2.20. The monoisotopic (exact) mass is 188 g/mol. The summed E-state index contributed by atoms with van der Waals surface area (Å²) in [4.78, 5) is 2.35. The molecule has 0 amide bonds. The summed E-state index contributed by atoms with van der Waals surface area (Å²) >= 11 is 0. The molecule has 1 unspecified atom stereocenters. The molecular formula is C10H24N2O. The molecule has 3 nitrogen and oxygen atoms in total. The Labute approximate surface area is 82.2 Å². The van der Waals surface area contributed by atoms with Crippen molar-refractivity contribution >= 4 is 0 Å². The maximum Gasteiger partial charge on any atom is 0.0474 e. The van der Waals surface area contributed by atoms with E-state index in [0.29, 0.717) is 5.92 Å². The lowest BCUT2D eigenvalue weighted by atomic mass is 10.1. The number of hydrogen-bond acceptors (Lipinski definition) is 3. The van der Waals surface area contributed by atoms with Crippen molar-refractivity contribution in [2.45, 2.75) is 19.8 Å². The SMILES string of the molecule is COCCCN(C)CC(C)CCN. The summed E-state index contributed by atoms with van der Waals surface area (Å²) in [6.45, 7) is 6.16. The van der Waals surface area contributed by atoms with Crippen LogP contribution in [0.3, 0.4) is 0 Å². The number of rotatable bonds is 8. The van der Waals surface area contributed by atoms with E-state index in [1.807, 2.05) is 0 Å². The summed E-state index contributed by atoms with van der Waals surface area (Å²) in [6, 6.07) is 0. The molecule has 0 aliphatic heterocycles. The van der Waals surface area contributed by atoms with Gasteiger partial charge in [0.25, 0.3) is 0 Å². The highest BCUT2D eigenvalue weighted by atomic mass is 16.5. The maximum atomic E-state index is 5.49. The molecule has 0 saturated heterocycles. The van der Waals surface area contributed by atoms with Crippen molar-refractivity contribution in [2.75, 3.05) is 40.4 Å². The van der Waals surface area contributed by atoms with Gasteiger partial charge in [0.1, 0.15) is 0 Å². The average Bonchev–Trinajstić information content (AvgIpc) is 2.05. The first kappa shape index (κ1) is 12.9. The topological polar surface area (TPSA) is 38.5 Å². The Kier molecular flexibility index (Phi) is 8.40. The molecule has 0 radical (unpaired) electrons. The third kappa shape index (κ3) is 8.22. The van der Waals surface area contributed by atoms with E-state index >= 15 is 0 Å². The first-order valence-electron chi connectivity index (χ1n) is 5.08. The third-order valence-electron chi connectivity index (χ3n) is 2.17. The largest absolute Gasteiger partial charge is 0.385 e. The van der Waals surface area contributed by atoms with Crippen molar-refractivity contribution in [3.05, 3.63) is 0 Å². The first-order chi connectivity index (χ1) is 6.20. The van der Waals surface area contributed by atoms with E-state index in [9.17, 15) is 0 Å². The smallest absolute Gasteiger partial charge is 0.0474 e. The van der Waals surface area contributed by atoms with Gasteiger partial charge in [-0.3, -0.25) is 0 Å². The van der Waals surface area contributed by atoms with E-state index in [2.05, 4.69) is 18.9 Å². The molecule has 0 aromatic carbocycles. The summed E-state index contributed by atoms with van der Waals surface area (Å²) in [6.07, 6.45) is 2.23. The van der Waals surface area contributed by atoms with Gasteiger partial charge in [0.2, 0.25) is 0 Å². The fourth-order valence-electron chi connectivity index (χ4n) is 1.48. The molecule has 1 atom stereocenters. The van der Waals surface area contributed by atoms with Gasteiger partial charge in [-0.1, -0.05) is 6.92 Å². The number of methoxy groups -OCH3 is 1. The van der Waals surface area contributed by atoms with E-state index in [4.69, 9.17) is 10.5 Å². The van der Waals surface area contributed by atoms with Crippen LogP contribution in [-0.2, 0) is 4.74 Å². The van der Waals surface area contributed by atoms with Crippen LogP contribution in [0.15, 0.2) is 0 Å². The summed E-state index contributed by atoms with van der Waals surface area (Å²) in [5.41, 5.74) is 5.49. The number of hydrogen-bond donors (Lipinski definition) is 1. The lowest BCUT2D eigenvalue weighted by molar-refractivity contribution is 0.174. The van der Waals surface area contributed by atoms with Gasteiger partial charge in [-0.05, 0) is 32.4 Å². The van der Waals surface area contributed by atoms with Crippen LogP contribution in [0.5, 0.6) is 0 Å². The van der Waals surface area contributed by atoms with Gasteiger partial charge >= 0.3 is 0 Å². The van der Waals surface area contributed by atoms with Crippen LogP contribution in [0, 0.1) is 5.92 Å². The predicted molar refractivity (Wildman–Crippen MR) is 56.8 cm³/mol. The van der Waals surface area contributed by atoms with Gasteiger partial charge in [0.05, 0.1) is 0 Å². The molecule has 0 aliphatic carbocycles. The van der Waals surface area contributed by atoms with E-state index < -0.39 is 0 Å². The Morgan fingerprint density at radius 1 is 1.46 bits per heavy atom. The zero-order chi connectivity index (χ0) is 10.1. The quantitative estimate of drug-likeness (QED) is 0.576. The van der Waals surface area contributed by atoms with Crippen LogP contribution in [0.4, 0.5) is 0 Å². The maximum absolute atomic E-state index is 5.49. The molecule has 0 aliphatic rings. The molecule has 0 saturated carbocycles. The van der Waals surface area contributed by atoms with Crippen LogP contribution in [0.1, 0.15) is 19.8 Å². The molecule has 0 aromatic heterocycles. The van der Waals surface area contributed by atoms with Crippen LogP contribution in [-0.4, -0.2) is 45.3 Å². The molecule has 3 heteroatoms. The van der Waals surface area contributed by atoms with Crippen molar-refractivity contribution < 1.29 is 4.74 Å². The molecule has 0 fully saturated rings. The highest BCUT2D eigenvalue weighted by Crippen LogP contribution is 2.02. The van der Waals surface area contributed by atoms with Crippen LogP contribution >= 0.6 is 0 Å². The summed E-state index contributed by atoms with van der Waals surface area (Å²) in [7, 11) is 3.90. The Hall–Kier alpha value is -0.120. The van der Waals surface area contributed by atoms with E-state index in [1.54, 1.807) is 7.11 Å². The molecule has 0 bridgehead atoms. The molecule has 0 heterocycles. The minimum absolute atomic E-state index is 0.706. The minimum atomic E-state index is 0.706. The summed E-state index contributed by atoms with van der Waals surface area (Å²) < 4.78 is 5.00. The summed E-state index contributed by atoms with van der Waals surface area (Å²) in [5.74, 6) is 0.706. The van der Waals surface area contributed by atoms with Gasteiger partial charge in [-0.2, -0.15) is 0 Å². The van der Waals surface area contributed by atoms with Crippen LogP contribution < -0.4 is 5.73 Å². The molecule has 80 valence electrons. The van der Waals surface area contributed by atoms with Crippen LogP contribution in [0.2, 0.25) is 0 Å². The van der Waals surface area contributed by atoms with Gasteiger partial charge in [0, 0.05) is 26.8 Å². The predicted octanol–water partition coefficient (Wildman–Crippen LogP) is 0.940. The number of nitrogens with two attached hydrogens (primary N) is 1. The average molecular weight is 188 g/mol.